The van der Waals surface area contributed by atoms with Gasteiger partial charge in [-0.1, -0.05) is 82.4 Å². The molecule has 222 valence electrons. The van der Waals surface area contributed by atoms with Crippen molar-refractivity contribution in [2.75, 3.05) is 40.9 Å². The zero-order valence-electron chi connectivity index (χ0n) is 24.6. The molecule has 0 saturated heterocycles. The number of phosphoric ester groups is 1. The average molecular weight is 559 g/mol. The number of aliphatic hydroxyl groups is 1. The Morgan fingerprint density at radius 1 is 0.921 bits per heavy atom. The molecule has 0 radical (unpaired) electrons. The lowest BCUT2D eigenvalue weighted by Crippen LogP contribution is -2.45. The lowest BCUT2D eigenvalue weighted by molar-refractivity contribution is -0.870. The van der Waals surface area contributed by atoms with Crippen LogP contribution >= 0.6 is 7.82 Å². The number of carbonyl (C=O) groups excluding carboxylic acids is 1. The second kappa shape index (κ2) is 22.5. The summed E-state index contributed by atoms with van der Waals surface area (Å²) in [5, 5.41) is 13.3. The highest BCUT2D eigenvalue weighted by Gasteiger charge is 2.23. The van der Waals surface area contributed by atoms with Crippen LogP contribution in [0.4, 0.5) is 0 Å². The minimum absolute atomic E-state index is 0.00701. The Morgan fingerprint density at radius 2 is 1.53 bits per heavy atom. The Hall–Kier alpha value is -1.28. The summed E-state index contributed by atoms with van der Waals surface area (Å²) in [5.74, 6) is -0.229. The number of carbonyl (C=O) groups is 1. The van der Waals surface area contributed by atoms with Crippen LogP contribution in [0.15, 0.2) is 36.5 Å². The lowest BCUT2D eigenvalue weighted by Gasteiger charge is -2.29. The first-order chi connectivity index (χ1) is 18.0. The molecule has 0 rings (SSSR count). The first-order valence-corrected chi connectivity index (χ1v) is 15.8. The van der Waals surface area contributed by atoms with E-state index in [1.165, 1.54) is 6.42 Å². The van der Waals surface area contributed by atoms with Crippen molar-refractivity contribution in [3.05, 3.63) is 36.5 Å². The normalized spacial score (nSPS) is 15.9. The molecule has 0 heterocycles. The third-order valence-electron chi connectivity index (χ3n) is 5.81. The molecule has 0 bridgehead atoms. The highest BCUT2D eigenvalue weighted by molar-refractivity contribution is 7.45. The van der Waals surface area contributed by atoms with Gasteiger partial charge in [0.2, 0.25) is 5.91 Å². The van der Waals surface area contributed by atoms with Crippen LogP contribution in [-0.4, -0.2) is 68.5 Å². The molecular formula is C29H55N2O6P. The van der Waals surface area contributed by atoms with E-state index in [1.807, 2.05) is 34.1 Å². The number of amides is 1. The molecule has 1 amide bonds. The number of phosphoric acid groups is 1. The van der Waals surface area contributed by atoms with E-state index >= 15 is 0 Å². The Balaban J connectivity index is 4.42. The molecular weight excluding hydrogens is 503 g/mol. The van der Waals surface area contributed by atoms with E-state index in [0.717, 1.165) is 64.2 Å². The van der Waals surface area contributed by atoms with Crippen molar-refractivity contribution < 1.29 is 32.9 Å². The van der Waals surface area contributed by atoms with E-state index in [9.17, 15) is 19.4 Å². The third kappa shape index (κ3) is 23.8. The molecule has 3 unspecified atom stereocenters. The molecule has 0 saturated carbocycles. The summed E-state index contributed by atoms with van der Waals surface area (Å²) in [6.45, 7) is 4.29. The number of nitrogens with one attached hydrogen (secondary N) is 1. The highest BCUT2D eigenvalue weighted by Crippen LogP contribution is 2.38. The standard InChI is InChI=1S/C29H55N2O6P/c1-6-8-10-11-12-13-14-15-16-17-18-19-21-23-29(33)30-27(28(32)22-20-9-7-2)26-37-38(34,35)36-25-24-31(3,4)5/h10-11,13-14,20,22,27-28,32H,6-9,12,15-19,21,23-26H2,1-5H3,(H-,30,33,34,35)/b11-10-,14-13-,22-20+. The van der Waals surface area contributed by atoms with Gasteiger partial charge >= 0.3 is 0 Å². The van der Waals surface area contributed by atoms with Gasteiger partial charge in [-0.15, -0.1) is 0 Å². The van der Waals surface area contributed by atoms with Gasteiger partial charge in [-0.05, 0) is 38.5 Å². The Morgan fingerprint density at radius 3 is 2.18 bits per heavy atom. The summed E-state index contributed by atoms with van der Waals surface area (Å²) in [4.78, 5) is 24.7. The van der Waals surface area contributed by atoms with Gasteiger partial charge in [-0.2, -0.15) is 0 Å². The third-order valence-corrected chi connectivity index (χ3v) is 6.77. The van der Waals surface area contributed by atoms with Crippen LogP contribution in [0.1, 0.15) is 90.9 Å². The number of unbranched alkanes of at least 4 members (excludes halogenated alkanes) is 7. The topological polar surface area (TPSA) is 108 Å². The fourth-order valence-corrected chi connectivity index (χ4v) is 4.15. The molecule has 0 fully saturated rings. The zero-order valence-corrected chi connectivity index (χ0v) is 25.5. The number of nitrogens with zero attached hydrogens (tertiary/aromatic N) is 1. The van der Waals surface area contributed by atoms with Crippen LogP contribution in [0, 0.1) is 0 Å². The van der Waals surface area contributed by atoms with Crippen LogP contribution in [0.3, 0.4) is 0 Å². The molecule has 0 aromatic heterocycles. The second-order valence-corrected chi connectivity index (χ2v) is 12.2. The number of likely N-dealkylation sites (N-methyl/N-ethyl adjacent to an activating group) is 1. The summed E-state index contributed by atoms with van der Waals surface area (Å²) in [6, 6.07) is -0.886. The molecule has 2 N–H and O–H groups in total. The van der Waals surface area contributed by atoms with Gasteiger partial charge in [-0.3, -0.25) is 9.36 Å². The summed E-state index contributed by atoms with van der Waals surface area (Å²) < 4.78 is 22.6. The van der Waals surface area contributed by atoms with Crippen LogP contribution in [-0.2, 0) is 18.4 Å². The number of quaternary nitrogens is 1. The SMILES string of the molecule is CCC/C=C\C/C=C\CCCCCCCC(=O)NC(COP(=O)([O-])OCC[N+](C)(C)C)C(O)/C=C/CCC. The van der Waals surface area contributed by atoms with Gasteiger partial charge in [0.05, 0.1) is 39.9 Å². The van der Waals surface area contributed by atoms with Gasteiger partial charge in [0.1, 0.15) is 13.2 Å². The van der Waals surface area contributed by atoms with Crippen molar-refractivity contribution in [1.29, 1.82) is 0 Å². The Labute approximate surface area is 232 Å². The van der Waals surface area contributed by atoms with Crippen LogP contribution in [0.25, 0.3) is 0 Å². The minimum atomic E-state index is -4.55. The summed E-state index contributed by atoms with van der Waals surface area (Å²) in [5.41, 5.74) is 0. The maximum atomic E-state index is 12.5. The lowest BCUT2D eigenvalue weighted by atomic mass is 10.1. The molecule has 38 heavy (non-hydrogen) atoms. The molecule has 0 aliphatic heterocycles. The number of rotatable bonds is 24. The Kier molecular flexibility index (Phi) is 21.8. The summed E-state index contributed by atoms with van der Waals surface area (Å²) >= 11 is 0. The number of hydrogen-bond donors (Lipinski definition) is 2. The quantitative estimate of drug-likeness (QED) is 0.0708. The van der Waals surface area contributed by atoms with Gasteiger partial charge in [0.25, 0.3) is 7.82 Å². The fourth-order valence-electron chi connectivity index (χ4n) is 3.43. The highest BCUT2D eigenvalue weighted by atomic mass is 31.2. The van der Waals surface area contributed by atoms with Gasteiger partial charge in [0, 0.05) is 6.42 Å². The molecule has 0 aromatic carbocycles. The maximum Gasteiger partial charge on any atom is 0.268 e. The van der Waals surface area contributed by atoms with Crippen molar-refractivity contribution in [1.82, 2.24) is 5.32 Å². The van der Waals surface area contributed by atoms with E-state index in [4.69, 9.17) is 9.05 Å². The van der Waals surface area contributed by atoms with Gasteiger partial charge < -0.3 is 28.8 Å². The minimum Gasteiger partial charge on any atom is -0.756 e. The van der Waals surface area contributed by atoms with Crippen molar-refractivity contribution in [3.63, 3.8) is 0 Å². The maximum absolute atomic E-state index is 12.5. The molecule has 0 aliphatic carbocycles. The summed E-state index contributed by atoms with van der Waals surface area (Å²) in [6.07, 6.45) is 22.7. The molecule has 0 aliphatic rings. The molecule has 3 atom stereocenters. The predicted octanol–water partition coefficient (Wildman–Crippen LogP) is 5.43. The predicted molar refractivity (Wildman–Crippen MR) is 155 cm³/mol. The molecule has 0 aromatic rings. The van der Waals surface area contributed by atoms with E-state index in [0.29, 0.717) is 17.4 Å². The monoisotopic (exact) mass is 558 g/mol. The van der Waals surface area contributed by atoms with E-state index < -0.39 is 26.6 Å². The summed E-state index contributed by atoms with van der Waals surface area (Å²) in [7, 11) is 1.23. The van der Waals surface area contributed by atoms with Crippen LogP contribution in [0.5, 0.6) is 0 Å². The molecule has 9 heteroatoms. The first-order valence-electron chi connectivity index (χ1n) is 14.4. The molecule has 0 spiro atoms. The largest absolute Gasteiger partial charge is 0.756 e. The number of hydrogen-bond acceptors (Lipinski definition) is 6. The number of aliphatic hydroxyl groups excluding tert-OH is 1. The van der Waals surface area contributed by atoms with Crippen molar-refractivity contribution in [2.24, 2.45) is 0 Å². The first kappa shape index (κ1) is 36.7. The smallest absolute Gasteiger partial charge is 0.268 e. The van der Waals surface area contributed by atoms with Gasteiger partial charge in [-0.25, -0.2) is 0 Å². The fraction of sp³-hybridized carbons (Fsp3) is 0.759. The number of allylic oxidation sites excluding steroid dienone is 5. The van der Waals surface area contributed by atoms with Crippen LogP contribution in [0.2, 0.25) is 0 Å². The van der Waals surface area contributed by atoms with Gasteiger partial charge in [0.15, 0.2) is 0 Å². The van der Waals surface area contributed by atoms with Crippen molar-refractivity contribution in [3.8, 4) is 0 Å². The van der Waals surface area contributed by atoms with Crippen molar-refractivity contribution >= 4 is 13.7 Å². The second-order valence-electron chi connectivity index (χ2n) is 10.7. The van der Waals surface area contributed by atoms with E-state index in [-0.39, 0.29) is 12.5 Å². The van der Waals surface area contributed by atoms with E-state index in [1.54, 1.807) is 6.08 Å². The Bertz CT molecular complexity index is 733. The molecule has 8 nitrogen and oxygen atoms in total. The van der Waals surface area contributed by atoms with E-state index in [2.05, 4.69) is 36.5 Å². The zero-order chi connectivity index (χ0) is 28.7. The van der Waals surface area contributed by atoms with Crippen LogP contribution < -0.4 is 10.2 Å². The average Bonchev–Trinajstić information content (AvgIpc) is 2.83. The van der Waals surface area contributed by atoms with Crippen molar-refractivity contribution in [2.45, 2.75) is 103 Å².